The van der Waals surface area contributed by atoms with Crippen molar-refractivity contribution < 1.29 is 14.7 Å². The first-order chi connectivity index (χ1) is 6.45. The number of carboxylic acids is 1. The number of thiocarbonyl (C=S) groups is 1. The fourth-order valence-electron chi connectivity index (χ4n) is 1.31. The van der Waals surface area contributed by atoms with Crippen LogP contribution in [0.15, 0.2) is 0 Å². The third kappa shape index (κ3) is 2.06. The van der Waals surface area contributed by atoms with Gasteiger partial charge in [-0.1, -0.05) is 37.8 Å². The molecule has 4 nitrogen and oxygen atoms in total. The summed E-state index contributed by atoms with van der Waals surface area (Å²) in [6.45, 7) is 3.44. The second-order valence-electron chi connectivity index (χ2n) is 3.33. The lowest BCUT2D eigenvalue weighted by Crippen LogP contribution is -2.52. The van der Waals surface area contributed by atoms with Gasteiger partial charge in [0.2, 0.25) is 5.91 Å². The van der Waals surface area contributed by atoms with E-state index in [0.29, 0.717) is 4.32 Å². The largest absolute Gasteiger partial charge is 0.548 e. The predicted octanol–water partition coefficient (Wildman–Crippen LogP) is -0.379. The molecule has 1 aliphatic rings. The molecule has 0 N–H and O–H groups in total. The third-order valence-electron chi connectivity index (χ3n) is 1.94. The van der Waals surface area contributed by atoms with Crippen LogP contribution < -0.4 is 5.11 Å². The molecule has 1 aliphatic heterocycles. The van der Waals surface area contributed by atoms with E-state index >= 15 is 0 Å². The molecule has 0 aromatic rings. The Hall–Kier alpha value is -0.620. The molecule has 0 aliphatic carbocycles. The maximum atomic E-state index is 11.4. The molecule has 0 saturated carbocycles. The molecule has 1 rings (SSSR count). The normalized spacial score (nSPS) is 19.2. The Bertz CT molecular complexity index is 274. The van der Waals surface area contributed by atoms with Crippen LogP contribution in [0.2, 0.25) is 0 Å². The minimum atomic E-state index is -1.25. The highest BCUT2D eigenvalue weighted by molar-refractivity contribution is 8.23. The van der Waals surface area contributed by atoms with Gasteiger partial charge in [-0.15, -0.1) is 0 Å². The highest BCUT2D eigenvalue weighted by Crippen LogP contribution is 2.24. The van der Waals surface area contributed by atoms with Crippen LogP contribution in [0.1, 0.15) is 13.8 Å². The van der Waals surface area contributed by atoms with E-state index in [0.717, 1.165) is 4.90 Å². The van der Waals surface area contributed by atoms with E-state index in [1.165, 1.54) is 11.8 Å². The van der Waals surface area contributed by atoms with E-state index in [9.17, 15) is 14.7 Å². The van der Waals surface area contributed by atoms with Gasteiger partial charge >= 0.3 is 0 Å². The average molecular weight is 232 g/mol. The van der Waals surface area contributed by atoms with Crippen molar-refractivity contribution in [1.29, 1.82) is 0 Å². The molecule has 1 heterocycles. The van der Waals surface area contributed by atoms with Gasteiger partial charge in [0.05, 0.1) is 17.8 Å². The molecule has 1 atom stereocenters. The van der Waals surface area contributed by atoms with Crippen LogP contribution in [0.3, 0.4) is 0 Å². The van der Waals surface area contributed by atoms with Crippen molar-refractivity contribution in [2.24, 2.45) is 5.92 Å². The molecule has 0 aromatic heterocycles. The molecule has 0 spiro atoms. The molecular formula is C8H10NO3S2-. The molecule has 0 radical (unpaired) electrons. The third-order valence-corrected chi connectivity index (χ3v) is 3.32. The van der Waals surface area contributed by atoms with Crippen LogP contribution in [0.4, 0.5) is 0 Å². The van der Waals surface area contributed by atoms with Crippen LogP contribution in [-0.4, -0.2) is 32.9 Å². The molecule has 1 amide bonds. The van der Waals surface area contributed by atoms with E-state index < -0.39 is 12.0 Å². The molecule has 1 fully saturated rings. The molecule has 14 heavy (non-hydrogen) atoms. The maximum Gasteiger partial charge on any atom is 0.239 e. The average Bonchev–Trinajstić information content (AvgIpc) is 2.34. The minimum Gasteiger partial charge on any atom is -0.548 e. The zero-order valence-electron chi connectivity index (χ0n) is 7.85. The van der Waals surface area contributed by atoms with E-state index in [4.69, 9.17) is 12.2 Å². The number of thioether (sulfide) groups is 1. The second kappa shape index (κ2) is 4.27. The van der Waals surface area contributed by atoms with Crippen molar-refractivity contribution in [3.05, 3.63) is 0 Å². The molecule has 6 heteroatoms. The summed E-state index contributed by atoms with van der Waals surface area (Å²) < 4.78 is 0.331. The Morgan fingerprint density at radius 3 is 2.50 bits per heavy atom. The van der Waals surface area contributed by atoms with E-state index in [1.54, 1.807) is 13.8 Å². The number of carbonyl (C=O) groups excluding carboxylic acids is 2. The number of amides is 1. The molecule has 0 aromatic carbocycles. The summed E-state index contributed by atoms with van der Waals surface area (Å²) in [6, 6.07) is -0.940. The van der Waals surface area contributed by atoms with Gasteiger partial charge in [0.1, 0.15) is 4.32 Å². The monoisotopic (exact) mass is 232 g/mol. The van der Waals surface area contributed by atoms with E-state index in [2.05, 4.69) is 0 Å². The first kappa shape index (κ1) is 11.5. The highest BCUT2D eigenvalue weighted by Gasteiger charge is 2.35. The van der Waals surface area contributed by atoms with Crippen molar-refractivity contribution in [3.63, 3.8) is 0 Å². The Balaban J connectivity index is 2.92. The zero-order valence-corrected chi connectivity index (χ0v) is 9.48. The standard InChI is InChI=1S/C8H11NO3S2/c1-4(2)6(7(11)12)9-5(10)3-14-8(9)13/h4,6H,3H2,1-2H3,(H,11,12)/p-1/t6-/m1/s1. The first-order valence-electron chi connectivity index (χ1n) is 4.14. The first-order valence-corrected chi connectivity index (χ1v) is 5.54. The predicted molar refractivity (Wildman–Crippen MR) is 55.5 cm³/mol. The number of carbonyl (C=O) groups is 2. The number of aliphatic carboxylic acids is 1. The smallest absolute Gasteiger partial charge is 0.239 e. The summed E-state index contributed by atoms with van der Waals surface area (Å²) in [4.78, 5) is 23.4. The van der Waals surface area contributed by atoms with Gasteiger partial charge in [0.15, 0.2) is 0 Å². The summed E-state index contributed by atoms with van der Waals surface area (Å²) in [5.74, 6) is -1.48. The highest BCUT2D eigenvalue weighted by atomic mass is 32.2. The van der Waals surface area contributed by atoms with Crippen molar-refractivity contribution in [2.45, 2.75) is 19.9 Å². The van der Waals surface area contributed by atoms with Crippen LogP contribution in [0.25, 0.3) is 0 Å². The number of nitrogens with zero attached hydrogens (tertiary/aromatic N) is 1. The minimum absolute atomic E-state index is 0.208. The van der Waals surface area contributed by atoms with Gasteiger partial charge in [0.25, 0.3) is 0 Å². The summed E-state index contributed by atoms with van der Waals surface area (Å²) >= 11 is 6.10. The lowest BCUT2D eigenvalue weighted by molar-refractivity contribution is -0.311. The van der Waals surface area contributed by atoms with Gasteiger partial charge in [0, 0.05) is 0 Å². The van der Waals surface area contributed by atoms with E-state index in [-0.39, 0.29) is 17.6 Å². The molecule has 0 unspecified atom stereocenters. The zero-order chi connectivity index (χ0) is 10.9. The van der Waals surface area contributed by atoms with Gasteiger partial charge in [-0.3, -0.25) is 9.69 Å². The second-order valence-corrected chi connectivity index (χ2v) is 4.94. The molecule has 1 saturated heterocycles. The van der Waals surface area contributed by atoms with Crippen molar-refractivity contribution in [2.75, 3.05) is 5.75 Å². The van der Waals surface area contributed by atoms with Gasteiger partial charge in [-0.25, -0.2) is 0 Å². The SMILES string of the molecule is CC(C)[C@H](C(=O)[O-])N1C(=O)CSC1=S. The molecule has 78 valence electrons. The molecular weight excluding hydrogens is 222 g/mol. The van der Waals surface area contributed by atoms with Gasteiger partial charge in [-0.05, 0) is 5.92 Å². The topological polar surface area (TPSA) is 60.4 Å². The van der Waals surface area contributed by atoms with Crippen molar-refractivity contribution in [3.8, 4) is 0 Å². The lowest BCUT2D eigenvalue weighted by atomic mass is 10.0. The molecule has 0 bridgehead atoms. The summed E-state index contributed by atoms with van der Waals surface area (Å²) in [5.41, 5.74) is 0. The Morgan fingerprint density at radius 1 is 1.64 bits per heavy atom. The van der Waals surface area contributed by atoms with Crippen LogP contribution in [0, 0.1) is 5.92 Å². The lowest BCUT2D eigenvalue weighted by Gasteiger charge is -2.30. The maximum absolute atomic E-state index is 11.4. The fraction of sp³-hybridized carbons (Fsp3) is 0.625. The number of hydrogen-bond acceptors (Lipinski definition) is 5. The summed E-state index contributed by atoms with van der Waals surface area (Å²) in [5, 5.41) is 10.8. The van der Waals surface area contributed by atoms with Gasteiger partial charge < -0.3 is 9.90 Å². The summed E-state index contributed by atoms with van der Waals surface area (Å²) in [6.07, 6.45) is 0. The Kier molecular flexibility index (Phi) is 3.49. The number of hydrogen-bond donors (Lipinski definition) is 0. The fourth-order valence-corrected chi connectivity index (χ4v) is 2.44. The van der Waals surface area contributed by atoms with Gasteiger partial charge in [-0.2, -0.15) is 0 Å². The number of rotatable bonds is 3. The van der Waals surface area contributed by atoms with Crippen LogP contribution in [-0.2, 0) is 9.59 Å². The van der Waals surface area contributed by atoms with Crippen LogP contribution in [0.5, 0.6) is 0 Å². The van der Waals surface area contributed by atoms with E-state index in [1.807, 2.05) is 0 Å². The summed E-state index contributed by atoms with van der Waals surface area (Å²) in [7, 11) is 0. The van der Waals surface area contributed by atoms with Crippen molar-refractivity contribution >= 4 is 40.2 Å². The quantitative estimate of drug-likeness (QED) is 0.621. The number of carboxylic acid groups (broad SMARTS) is 1. The Labute approximate surface area is 91.6 Å². The van der Waals surface area contributed by atoms with Crippen molar-refractivity contribution in [1.82, 2.24) is 4.90 Å². The Morgan fingerprint density at radius 2 is 2.21 bits per heavy atom. The van der Waals surface area contributed by atoms with Crippen LogP contribution >= 0.6 is 24.0 Å².